The Balaban J connectivity index is 1.20. The first-order valence-electron chi connectivity index (χ1n) is 17.7. The Bertz CT molecular complexity index is 2060. The topological polar surface area (TPSA) is 59.1 Å². The average molecular weight is 711 g/mol. The Kier molecular flexibility index (Phi) is 12.0. The van der Waals surface area contributed by atoms with Gasteiger partial charge in [0.05, 0.1) is 0 Å². The van der Waals surface area contributed by atoms with Crippen molar-refractivity contribution in [1.29, 1.82) is 0 Å². The van der Waals surface area contributed by atoms with Crippen molar-refractivity contribution in [3.05, 3.63) is 204 Å². The highest BCUT2D eigenvalue weighted by Gasteiger charge is 2.14. The van der Waals surface area contributed by atoms with Gasteiger partial charge in [0.1, 0.15) is 13.2 Å². The third-order valence-corrected chi connectivity index (χ3v) is 8.84. The average Bonchev–Trinajstić information content (AvgIpc) is 3.21. The molecule has 268 valence electrons. The number of nitrogens with zero attached hydrogens (tertiary/aromatic N) is 2. The maximum absolute atomic E-state index is 11.5. The van der Waals surface area contributed by atoms with Gasteiger partial charge in [-0.2, -0.15) is 0 Å². The molecule has 0 saturated carbocycles. The molecule has 0 radical (unpaired) electrons. The number of carbonyl (C=O) groups is 2. The molecule has 0 saturated heterocycles. The van der Waals surface area contributed by atoms with E-state index in [0.29, 0.717) is 0 Å². The van der Waals surface area contributed by atoms with E-state index in [9.17, 15) is 9.59 Å². The van der Waals surface area contributed by atoms with Crippen LogP contribution >= 0.6 is 0 Å². The number of hydrogen-bond donors (Lipinski definition) is 0. The summed E-state index contributed by atoms with van der Waals surface area (Å²) >= 11 is 0. The summed E-state index contributed by atoms with van der Waals surface area (Å²) in [5, 5.41) is 0. The van der Waals surface area contributed by atoms with Crippen LogP contribution in [0.5, 0.6) is 0 Å². The first kappa shape index (κ1) is 36.9. The van der Waals surface area contributed by atoms with Gasteiger partial charge in [-0.05, 0) is 109 Å². The number of benzene rings is 6. The van der Waals surface area contributed by atoms with Crippen LogP contribution in [0.15, 0.2) is 171 Å². The van der Waals surface area contributed by atoms with E-state index in [4.69, 9.17) is 9.47 Å². The van der Waals surface area contributed by atoms with Crippen LogP contribution in [0.4, 0.5) is 34.1 Å². The second-order valence-corrected chi connectivity index (χ2v) is 12.8. The van der Waals surface area contributed by atoms with Gasteiger partial charge in [-0.3, -0.25) is 0 Å². The van der Waals surface area contributed by atoms with E-state index in [2.05, 4.69) is 146 Å². The Hall–Kier alpha value is -6.92. The lowest BCUT2D eigenvalue weighted by molar-refractivity contribution is -0.139. The number of esters is 2. The molecule has 6 nitrogen and oxygen atoms in total. The van der Waals surface area contributed by atoms with Gasteiger partial charge in [0.25, 0.3) is 0 Å². The van der Waals surface area contributed by atoms with Gasteiger partial charge < -0.3 is 19.3 Å². The second-order valence-electron chi connectivity index (χ2n) is 12.8. The molecule has 0 aliphatic heterocycles. The van der Waals surface area contributed by atoms with E-state index in [1.807, 2.05) is 48.5 Å². The molecule has 6 rings (SSSR count). The predicted octanol–water partition coefficient (Wildman–Crippen LogP) is 11.9. The summed E-state index contributed by atoms with van der Waals surface area (Å²) in [7, 11) is 0. The summed E-state index contributed by atoms with van der Waals surface area (Å²) in [6, 6.07) is 49.9. The van der Waals surface area contributed by atoms with Crippen LogP contribution < -0.4 is 9.80 Å². The molecule has 0 aliphatic carbocycles. The molecule has 6 aromatic carbocycles. The molecule has 0 bridgehead atoms. The number of hydrogen-bond acceptors (Lipinski definition) is 6. The number of rotatable bonds is 14. The summed E-state index contributed by atoms with van der Waals surface area (Å²) in [4.78, 5) is 27.5. The Morgan fingerprint density at radius 2 is 0.704 bits per heavy atom. The van der Waals surface area contributed by atoms with E-state index < -0.39 is 11.9 Å². The van der Waals surface area contributed by atoms with Gasteiger partial charge in [-0.25, -0.2) is 9.59 Å². The molecule has 54 heavy (non-hydrogen) atoms. The van der Waals surface area contributed by atoms with Crippen LogP contribution in [0.3, 0.4) is 0 Å². The van der Waals surface area contributed by atoms with Crippen molar-refractivity contribution in [3.63, 3.8) is 0 Å². The van der Waals surface area contributed by atoms with Crippen LogP contribution in [0, 0.1) is 13.8 Å². The maximum atomic E-state index is 11.5. The van der Waals surface area contributed by atoms with E-state index in [0.717, 1.165) is 56.4 Å². The minimum atomic E-state index is -0.443. The first-order valence-corrected chi connectivity index (χ1v) is 17.7. The first-order chi connectivity index (χ1) is 26.3. The van der Waals surface area contributed by atoms with Crippen molar-refractivity contribution in [2.75, 3.05) is 9.80 Å². The van der Waals surface area contributed by atoms with Gasteiger partial charge in [0.2, 0.25) is 0 Å². The molecule has 0 amide bonds. The third-order valence-electron chi connectivity index (χ3n) is 8.84. The summed E-state index contributed by atoms with van der Waals surface area (Å²) in [5.74, 6) is -0.885. The summed E-state index contributed by atoms with van der Waals surface area (Å²) in [6.45, 7) is 11.5. The molecular formula is C48H42N2O4. The normalized spacial score (nSPS) is 10.8. The number of ether oxygens (including phenoxy) is 2. The van der Waals surface area contributed by atoms with Gasteiger partial charge >= 0.3 is 11.9 Å². The zero-order valence-corrected chi connectivity index (χ0v) is 30.5. The summed E-state index contributed by atoms with van der Waals surface area (Å²) < 4.78 is 10.4. The quantitative estimate of drug-likeness (QED) is 0.0637. The van der Waals surface area contributed by atoms with Crippen molar-refractivity contribution in [2.45, 2.75) is 27.1 Å². The van der Waals surface area contributed by atoms with Gasteiger partial charge in [0, 0.05) is 46.3 Å². The standard InChI is InChI=1S/C48H42N2O4/c1-5-47(51)53-33-39-17-29-45(30-18-39)49(41-21-7-35(3)8-22-41)43-25-13-37(14-26-43)11-12-38-15-27-44(28-16-38)50(42-23-9-36(4)10-24-42)46-31-19-40(20-32-46)34-54-48(52)6-2/h5-32H,1-2,33-34H2,3-4H3. The summed E-state index contributed by atoms with van der Waals surface area (Å²) in [5.41, 5.74) is 12.4. The van der Waals surface area contributed by atoms with E-state index in [-0.39, 0.29) is 13.2 Å². The van der Waals surface area contributed by atoms with E-state index >= 15 is 0 Å². The molecule has 0 aromatic heterocycles. The van der Waals surface area contributed by atoms with Crippen molar-refractivity contribution >= 4 is 58.2 Å². The molecule has 0 spiro atoms. The molecule has 6 heteroatoms. The number of carbonyl (C=O) groups excluding carboxylic acids is 2. The highest BCUT2D eigenvalue weighted by atomic mass is 16.5. The van der Waals surface area contributed by atoms with E-state index in [1.165, 1.54) is 23.3 Å². The molecule has 0 atom stereocenters. The largest absolute Gasteiger partial charge is 0.458 e. The predicted molar refractivity (Wildman–Crippen MR) is 221 cm³/mol. The Labute approximate surface area is 317 Å². The molecule has 6 aromatic rings. The Morgan fingerprint density at radius 3 is 0.981 bits per heavy atom. The number of aryl methyl sites for hydroxylation is 2. The van der Waals surface area contributed by atoms with E-state index in [1.54, 1.807) is 0 Å². The van der Waals surface area contributed by atoms with Crippen LogP contribution in [0.25, 0.3) is 12.2 Å². The zero-order valence-electron chi connectivity index (χ0n) is 30.5. The molecular weight excluding hydrogens is 669 g/mol. The van der Waals surface area contributed by atoms with Crippen LogP contribution in [-0.4, -0.2) is 11.9 Å². The fourth-order valence-corrected chi connectivity index (χ4v) is 5.85. The monoisotopic (exact) mass is 710 g/mol. The van der Waals surface area contributed by atoms with Gasteiger partial charge in [-0.15, -0.1) is 0 Å². The maximum Gasteiger partial charge on any atom is 0.330 e. The highest BCUT2D eigenvalue weighted by Crippen LogP contribution is 2.36. The lowest BCUT2D eigenvalue weighted by atomic mass is 10.1. The van der Waals surface area contributed by atoms with Crippen molar-refractivity contribution < 1.29 is 19.1 Å². The smallest absolute Gasteiger partial charge is 0.330 e. The van der Waals surface area contributed by atoms with Crippen molar-refractivity contribution in [3.8, 4) is 0 Å². The van der Waals surface area contributed by atoms with Gasteiger partial charge in [-0.1, -0.05) is 109 Å². The third kappa shape index (κ3) is 9.49. The lowest BCUT2D eigenvalue weighted by Gasteiger charge is -2.26. The number of anilines is 6. The Morgan fingerprint density at radius 1 is 0.444 bits per heavy atom. The molecule has 0 N–H and O–H groups in total. The molecule has 0 heterocycles. The van der Waals surface area contributed by atoms with Crippen LogP contribution in [0.2, 0.25) is 0 Å². The summed E-state index contributed by atoms with van der Waals surface area (Å²) in [6.07, 6.45) is 6.57. The van der Waals surface area contributed by atoms with Crippen molar-refractivity contribution in [2.24, 2.45) is 0 Å². The minimum Gasteiger partial charge on any atom is -0.458 e. The van der Waals surface area contributed by atoms with Crippen LogP contribution in [-0.2, 0) is 32.3 Å². The molecule has 0 fully saturated rings. The fraction of sp³-hybridized carbons (Fsp3) is 0.0833. The SMILES string of the molecule is C=CC(=O)OCc1ccc(N(c2ccc(C)cc2)c2ccc(C=Cc3ccc(N(c4ccc(C)cc4)c4ccc(COC(=O)C=C)cc4)cc3)cc2)cc1. The van der Waals surface area contributed by atoms with Gasteiger partial charge in [0.15, 0.2) is 0 Å². The molecule has 0 aliphatic rings. The lowest BCUT2D eigenvalue weighted by Crippen LogP contribution is -2.10. The molecule has 0 unspecified atom stereocenters. The van der Waals surface area contributed by atoms with Crippen LogP contribution in [0.1, 0.15) is 33.4 Å². The minimum absolute atomic E-state index is 0.191. The second kappa shape index (κ2) is 17.5. The zero-order chi connectivity index (χ0) is 37.9. The fourth-order valence-electron chi connectivity index (χ4n) is 5.85. The van der Waals surface area contributed by atoms with Crippen molar-refractivity contribution in [1.82, 2.24) is 0 Å². The highest BCUT2D eigenvalue weighted by molar-refractivity contribution is 5.82.